The van der Waals surface area contributed by atoms with Crippen molar-refractivity contribution in [2.45, 2.75) is 45.4 Å². The molecule has 0 aliphatic heterocycles. The number of carbonyl (C=O) groups is 1. The van der Waals surface area contributed by atoms with Crippen molar-refractivity contribution in [2.75, 3.05) is 20.2 Å². The fourth-order valence-corrected chi connectivity index (χ4v) is 2.24. The number of amides is 1. The molecule has 0 N–H and O–H groups in total. The number of alkyl halides is 1. The number of halogens is 1. The van der Waals surface area contributed by atoms with Crippen LogP contribution in [0.4, 0.5) is 0 Å². The van der Waals surface area contributed by atoms with Crippen LogP contribution in [-0.4, -0.2) is 36.4 Å². The lowest BCUT2D eigenvalue weighted by atomic mass is 9.86. The van der Waals surface area contributed by atoms with Crippen molar-refractivity contribution in [3.63, 3.8) is 0 Å². The predicted molar refractivity (Wildman–Crippen MR) is 88.3 cm³/mol. The van der Waals surface area contributed by atoms with Crippen LogP contribution in [0.25, 0.3) is 0 Å². The minimum atomic E-state index is -0.501. The van der Waals surface area contributed by atoms with E-state index < -0.39 is 5.38 Å². The van der Waals surface area contributed by atoms with E-state index in [9.17, 15) is 4.79 Å². The number of hydrogen-bond acceptors (Lipinski definition) is 2. The summed E-state index contributed by atoms with van der Waals surface area (Å²) in [6.45, 7) is 11.2. The number of likely N-dealkylation sites (N-methyl/N-ethyl adjacent to an activating group) is 1. The van der Waals surface area contributed by atoms with Gasteiger partial charge in [-0.15, -0.1) is 11.6 Å². The SMILES string of the molecule is Cc1ccc(C(C)(C)C)c(OCCN(C)C(=O)C(C)Cl)c1. The van der Waals surface area contributed by atoms with E-state index in [-0.39, 0.29) is 11.3 Å². The Morgan fingerprint density at radius 3 is 2.52 bits per heavy atom. The topological polar surface area (TPSA) is 29.5 Å². The number of hydrogen-bond donors (Lipinski definition) is 0. The van der Waals surface area contributed by atoms with Crippen molar-refractivity contribution in [1.29, 1.82) is 0 Å². The van der Waals surface area contributed by atoms with Crippen molar-refractivity contribution in [2.24, 2.45) is 0 Å². The summed E-state index contributed by atoms with van der Waals surface area (Å²) in [4.78, 5) is 13.3. The summed E-state index contributed by atoms with van der Waals surface area (Å²) in [5.41, 5.74) is 2.36. The van der Waals surface area contributed by atoms with Gasteiger partial charge in [0.2, 0.25) is 5.91 Å². The molecule has 1 unspecified atom stereocenters. The maximum atomic E-state index is 11.7. The molecular weight excluding hydrogens is 286 g/mol. The summed E-state index contributed by atoms with van der Waals surface area (Å²) >= 11 is 5.79. The van der Waals surface area contributed by atoms with E-state index in [0.29, 0.717) is 13.2 Å². The monoisotopic (exact) mass is 311 g/mol. The molecule has 0 aromatic heterocycles. The van der Waals surface area contributed by atoms with Crippen molar-refractivity contribution >= 4 is 17.5 Å². The highest BCUT2D eigenvalue weighted by molar-refractivity contribution is 6.30. The molecule has 3 nitrogen and oxygen atoms in total. The van der Waals surface area contributed by atoms with E-state index in [1.807, 2.05) is 13.0 Å². The van der Waals surface area contributed by atoms with Gasteiger partial charge in [-0.25, -0.2) is 0 Å². The van der Waals surface area contributed by atoms with Crippen LogP contribution in [-0.2, 0) is 10.2 Å². The van der Waals surface area contributed by atoms with E-state index in [0.717, 1.165) is 11.3 Å². The highest BCUT2D eigenvalue weighted by atomic mass is 35.5. The Labute approximate surface area is 133 Å². The molecule has 1 atom stereocenters. The zero-order valence-corrected chi connectivity index (χ0v) is 14.6. The molecule has 0 saturated carbocycles. The number of benzene rings is 1. The Kier molecular flexibility index (Phi) is 6.09. The van der Waals surface area contributed by atoms with Gasteiger partial charge in [0.1, 0.15) is 17.7 Å². The van der Waals surface area contributed by atoms with Crippen molar-refractivity contribution in [3.05, 3.63) is 29.3 Å². The largest absolute Gasteiger partial charge is 0.491 e. The molecule has 0 aliphatic rings. The van der Waals surface area contributed by atoms with Gasteiger partial charge < -0.3 is 9.64 Å². The molecule has 0 saturated heterocycles. The minimum Gasteiger partial charge on any atom is -0.491 e. The van der Waals surface area contributed by atoms with Crippen LogP contribution in [0.5, 0.6) is 5.75 Å². The quantitative estimate of drug-likeness (QED) is 0.775. The highest BCUT2D eigenvalue weighted by Crippen LogP contribution is 2.32. The Morgan fingerprint density at radius 1 is 1.38 bits per heavy atom. The summed E-state index contributed by atoms with van der Waals surface area (Å²) < 4.78 is 5.91. The number of rotatable bonds is 5. The molecule has 118 valence electrons. The average Bonchev–Trinajstić information content (AvgIpc) is 2.36. The first-order valence-electron chi connectivity index (χ1n) is 7.26. The molecular formula is C17H26ClNO2. The number of ether oxygens (including phenoxy) is 1. The molecule has 1 aromatic carbocycles. The Bertz CT molecular complexity index is 492. The second-order valence-corrected chi connectivity index (χ2v) is 7.13. The molecule has 0 aliphatic carbocycles. The molecule has 0 fully saturated rings. The molecule has 1 aromatic rings. The zero-order chi connectivity index (χ0) is 16.2. The second kappa shape index (κ2) is 7.17. The van der Waals surface area contributed by atoms with Crippen LogP contribution in [0.2, 0.25) is 0 Å². The maximum Gasteiger partial charge on any atom is 0.240 e. The predicted octanol–water partition coefficient (Wildman–Crippen LogP) is 3.76. The van der Waals surface area contributed by atoms with Gasteiger partial charge in [-0.05, 0) is 36.5 Å². The minimum absolute atomic E-state index is 0.0232. The Morgan fingerprint density at radius 2 is 2.00 bits per heavy atom. The smallest absolute Gasteiger partial charge is 0.240 e. The molecule has 0 bridgehead atoms. The third-order valence-electron chi connectivity index (χ3n) is 3.35. The van der Waals surface area contributed by atoms with Crippen LogP contribution in [0.3, 0.4) is 0 Å². The van der Waals surface area contributed by atoms with Crippen molar-refractivity contribution in [1.82, 2.24) is 4.90 Å². The van der Waals surface area contributed by atoms with Crippen LogP contribution >= 0.6 is 11.6 Å². The molecule has 0 spiro atoms. The highest BCUT2D eigenvalue weighted by Gasteiger charge is 2.19. The van der Waals surface area contributed by atoms with Gasteiger partial charge in [0.15, 0.2) is 0 Å². The van der Waals surface area contributed by atoms with E-state index in [1.54, 1.807) is 18.9 Å². The second-order valence-electron chi connectivity index (χ2n) is 6.47. The molecule has 1 amide bonds. The third kappa shape index (κ3) is 5.24. The lowest BCUT2D eigenvalue weighted by Crippen LogP contribution is -2.35. The molecule has 21 heavy (non-hydrogen) atoms. The van der Waals surface area contributed by atoms with E-state index >= 15 is 0 Å². The van der Waals surface area contributed by atoms with Gasteiger partial charge >= 0.3 is 0 Å². The van der Waals surface area contributed by atoms with E-state index in [2.05, 4.69) is 32.9 Å². The van der Waals surface area contributed by atoms with Gasteiger partial charge in [-0.3, -0.25) is 4.79 Å². The lowest BCUT2D eigenvalue weighted by Gasteiger charge is -2.24. The third-order valence-corrected chi connectivity index (χ3v) is 3.53. The summed E-state index contributed by atoms with van der Waals surface area (Å²) in [7, 11) is 1.74. The maximum absolute atomic E-state index is 11.7. The number of carbonyl (C=O) groups excluding carboxylic acids is 1. The van der Waals surface area contributed by atoms with E-state index in [1.165, 1.54) is 5.56 Å². The average molecular weight is 312 g/mol. The fourth-order valence-electron chi connectivity index (χ4n) is 2.07. The first-order valence-corrected chi connectivity index (χ1v) is 7.69. The summed E-state index contributed by atoms with van der Waals surface area (Å²) in [5, 5.41) is -0.501. The lowest BCUT2D eigenvalue weighted by molar-refractivity contribution is -0.129. The standard InChI is InChI=1S/C17H26ClNO2/c1-12-7-8-14(17(3,4)5)15(11-12)21-10-9-19(6)16(20)13(2)18/h7-8,11,13H,9-10H2,1-6H3. The van der Waals surface area contributed by atoms with Crippen LogP contribution < -0.4 is 4.74 Å². The first-order chi connectivity index (χ1) is 9.62. The van der Waals surface area contributed by atoms with Crippen LogP contribution in [0.15, 0.2) is 18.2 Å². The zero-order valence-electron chi connectivity index (χ0n) is 13.9. The Hall–Kier alpha value is -1.22. The van der Waals surface area contributed by atoms with Gasteiger partial charge in [0.25, 0.3) is 0 Å². The first kappa shape index (κ1) is 17.8. The molecule has 0 radical (unpaired) electrons. The van der Waals surface area contributed by atoms with Gasteiger partial charge in [-0.2, -0.15) is 0 Å². The molecule has 4 heteroatoms. The Balaban J connectivity index is 2.72. The van der Waals surface area contributed by atoms with Gasteiger partial charge in [-0.1, -0.05) is 32.9 Å². The summed E-state index contributed by atoms with van der Waals surface area (Å²) in [6.07, 6.45) is 0. The van der Waals surface area contributed by atoms with Crippen molar-refractivity contribution < 1.29 is 9.53 Å². The van der Waals surface area contributed by atoms with Gasteiger partial charge in [0, 0.05) is 7.05 Å². The summed E-state index contributed by atoms with van der Waals surface area (Å²) in [5.74, 6) is 0.808. The van der Waals surface area contributed by atoms with Crippen LogP contribution in [0.1, 0.15) is 38.8 Å². The van der Waals surface area contributed by atoms with Gasteiger partial charge in [0.05, 0.1) is 6.54 Å². The number of aryl methyl sites for hydroxylation is 1. The van der Waals surface area contributed by atoms with Crippen molar-refractivity contribution in [3.8, 4) is 5.75 Å². The van der Waals surface area contributed by atoms with Crippen LogP contribution in [0, 0.1) is 6.92 Å². The summed E-state index contributed by atoms with van der Waals surface area (Å²) in [6, 6.07) is 6.26. The number of nitrogens with zero attached hydrogens (tertiary/aromatic N) is 1. The van der Waals surface area contributed by atoms with E-state index in [4.69, 9.17) is 16.3 Å². The molecule has 1 rings (SSSR count). The normalized spacial score (nSPS) is 12.9. The molecule has 0 heterocycles. The fraction of sp³-hybridized carbons (Fsp3) is 0.588.